The molecule has 0 spiro atoms. The fourth-order valence-electron chi connectivity index (χ4n) is 2.85. The van der Waals surface area contributed by atoms with E-state index in [2.05, 4.69) is 15.3 Å². The number of benzene rings is 2. The van der Waals surface area contributed by atoms with Crippen LogP contribution in [-0.4, -0.2) is 31.7 Å². The van der Waals surface area contributed by atoms with Crippen molar-refractivity contribution in [2.24, 2.45) is 0 Å². The lowest BCUT2D eigenvalue weighted by atomic mass is 10.1. The average Bonchev–Trinajstić information content (AvgIpc) is 3.33. The normalized spacial score (nSPS) is 10.8. The predicted octanol–water partition coefficient (Wildman–Crippen LogP) is 2.48. The molecule has 1 N–H and O–H groups in total. The van der Waals surface area contributed by atoms with Crippen LogP contribution in [-0.2, 0) is 6.54 Å². The van der Waals surface area contributed by atoms with Gasteiger partial charge in [-0.05, 0) is 17.7 Å². The standard InChI is InChI=1S/C19H17N5O2/c1-26-18-9-16(7-8-17(18)15-10-20-21-11-15)24-19(25)23(13-22-24)12-14-5-3-2-4-6-14/h2-11,13H,12H2,1H3,(H,20,21). The Morgan fingerprint density at radius 2 is 2.00 bits per heavy atom. The first-order valence-electron chi connectivity index (χ1n) is 8.12. The zero-order valence-electron chi connectivity index (χ0n) is 14.2. The quantitative estimate of drug-likeness (QED) is 0.602. The Morgan fingerprint density at radius 1 is 1.15 bits per heavy atom. The number of methoxy groups -OCH3 is 1. The van der Waals surface area contributed by atoms with E-state index in [0.29, 0.717) is 18.0 Å². The summed E-state index contributed by atoms with van der Waals surface area (Å²) in [5.74, 6) is 0.647. The molecule has 4 rings (SSSR count). The molecule has 0 radical (unpaired) electrons. The summed E-state index contributed by atoms with van der Waals surface area (Å²) in [6.45, 7) is 0.476. The van der Waals surface area contributed by atoms with E-state index in [-0.39, 0.29) is 5.69 Å². The molecule has 4 aromatic rings. The Morgan fingerprint density at radius 3 is 2.73 bits per heavy atom. The highest BCUT2D eigenvalue weighted by Crippen LogP contribution is 2.30. The van der Waals surface area contributed by atoms with E-state index in [0.717, 1.165) is 16.7 Å². The second-order valence-corrected chi connectivity index (χ2v) is 5.81. The summed E-state index contributed by atoms with van der Waals surface area (Å²) in [5.41, 5.74) is 3.29. The maximum Gasteiger partial charge on any atom is 0.350 e. The van der Waals surface area contributed by atoms with Crippen LogP contribution in [0.15, 0.2) is 72.0 Å². The first kappa shape index (κ1) is 15.9. The molecule has 2 aromatic carbocycles. The maximum atomic E-state index is 12.7. The minimum Gasteiger partial charge on any atom is -0.496 e. The van der Waals surface area contributed by atoms with E-state index in [1.165, 1.54) is 4.68 Å². The number of hydrogen-bond acceptors (Lipinski definition) is 4. The summed E-state index contributed by atoms with van der Waals surface area (Å²) in [7, 11) is 1.60. The predicted molar refractivity (Wildman–Crippen MR) is 97.5 cm³/mol. The van der Waals surface area contributed by atoms with E-state index < -0.39 is 0 Å². The van der Waals surface area contributed by atoms with Gasteiger partial charge in [-0.25, -0.2) is 4.79 Å². The van der Waals surface area contributed by atoms with Crippen LogP contribution < -0.4 is 10.4 Å². The highest BCUT2D eigenvalue weighted by molar-refractivity contribution is 5.70. The third-order valence-corrected chi connectivity index (χ3v) is 4.17. The van der Waals surface area contributed by atoms with Crippen molar-refractivity contribution in [2.75, 3.05) is 7.11 Å². The largest absolute Gasteiger partial charge is 0.496 e. The molecule has 7 heteroatoms. The molecule has 0 fully saturated rings. The van der Waals surface area contributed by atoms with Gasteiger partial charge in [0.15, 0.2) is 0 Å². The van der Waals surface area contributed by atoms with Gasteiger partial charge in [-0.15, -0.1) is 0 Å². The van der Waals surface area contributed by atoms with E-state index in [1.807, 2.05) is 42.5 Å². The van der Waals surface area contributed by atoms with Crippen LogP contribution in [0.1, 0.15) is 5.56 Å². The zero-order valence-corrected chi connectivity index (χ0v) is 14.2. The molecule has 0 saturated carbocycles. The summed E-state index contributed by atoms with van der Waals surface area (Å²) in [4.78, 5) is 12.7. The van der Waals surface area contributed by atoms with Crippen molar-refractivity contribution >= 4 is 0 Å². The van der Waals surface area contributed by atoms with Crippen molar-refractivity contribution in [3.8, 4) is 22.6 Å². The number of ether oxygens (including phenoxy) is 1. The van der Waals surface area contributed by atoms with Crippen molar-refractivity contribution in [1.29, 1.82) is 0 Å². The number of nitrogens with one attached hydrogen (secondary N) is 1. The smallest absolute Gasteiger partial charge is 0.350 e. The average molecular weight is 347 g/mol. The molecule has 0 saturated heterocycles. The van der Waals surface area contributed by atoms with Gasteiger partial charge in [-0.2, -0.15) is 14.9 Å². The number of H-pyrrole nitrogens is 1. The molecule has 0 amide bonds. The number of rotatable bonds is 5. The SMILES string of the molecule is COc1cc(-n2ncn(Cc3ccccc3)c2=O)ccc1-c1cn[nH]c1. The Hall–Kier alpha value is -3.61. The molecule has 2 heterocycles. The van der Waals surface area contributed by atoms with E-state index in [1.54, 1.807) is 36.5 Å². The fourth-order valence-corrected chi connectivity index (χ4v) is 2.85. The van der Waals surface area contributed by atoms with Crippen molar-refractivity contribution in [2.45, 2.75) is 6.54 Å². The van der Waals surface area contributed by atoms with Gasteiger partial charge in [-0.3, -0.25) is 9.67 Å². The number of aromatic nitrogens is 5. The Labute approximate surface area is 149 Å². The minimum absolute atomic E-state index is 0.202. The van der Waals surface area contributed by atoms with Gasteiger partial charge in [0.2, 0.25) is 0 Å². The van der Waals surface area contributed by atoms with Gasteiger partial charge < -0.3 is 4.74 Å². The molecular weight excluding hydrogens is 330 g/mol. The summed E-state index contributed by atoms with van der Waals surface area (Å²) < 4.78 is 8.42. The Kier molecular flexibility index (Phi) is 4.10. The third kappa shape index (κ3) is 2.90. The molecule has 0 atom stereocenters. The molecule has 0 aliphatic rings. The van der Waals surface area contributed by atoms with Crippen LogP contribution in [0.5, 0.6) is 5.75 Å². The monoisotopic (exact) mass is 347 g/mol. The third-order valence-electron chi connectivity index (χ3n) is 4.17. The van der Waals surface area contributed by atoms with Crippen LogP contribution in [0, 0.1) is 0 Å². The molecular formula is C19H17N5O2. The van der Waals surface area contributed by atoms with Gasteiger partial charge in [-0.1, -0.05) is 30.3 Å². The van der Waals surface area contributed by atoms with Gasteiger partial charge >= 0.3 is 5.69 Å². The summed E-state index contributed by atoms with van der Waals surface area (Å²) in [6, 6.07) is 15.3. The molecule has 0 aliphatic heterocycles. The van der Waals surface area contributed by atoms with E-state index in [9.17, 15) is 4.79 Å². The highest BCUT2D eigenvalue weighted by Gasteiger charge is 2.12. The van der Waals surface area contributed by atoms with Gasteiger partial charge in [0.1, 0.15) is 12.1 Å². The van der Waals surface area contributed by atoms with Crippen LogP contribution >= 0.6 is 0 Å². The molecule has 7 nitrogen and oxygen atoms in total. The lowest BCUT2D eigenvalue weighted by Gasteiger charge is -2.09. The zero-order chi connectivity index (χ0) is 17.9. The number of hydrogen-bond donors (Lipinski definition) is 1. The van der Waals surface area contributed by atoms with E-state index in [4.69, 9.17) is 4.74 Å². The second-order valence-electron chi connectivity index (χ2n) is 5.81. The van der Waals surface area contributed by atoms with Crippen molar-refractivity contribution in [1.82, 2.24) is 24.5 Å². The van der Waals surface area contributed by atoms with Crippen molar-refractivity contribution < 1.29 is 4.74 Å². The number of aromatic amines is 1. The van der Waals surface area contributed by atoms with Crippen molar-refractivity contribution in [3.63, 3.8) is 0 Å². The fraction of sp³-hybridized carbons (Fsp3) is 0.105. The molecule has 2 aromatic heterocycles. The van der Waals surface area contributed by atoms with Gasteiger partial charge in [0.05, 0.1) is 25.5 Å². The second kappa shape index (κ2) is 6.72. The molecule has 0 aliphatic carbocycles. The number of nitrogens with zero attached hydrogens (tertiary/aromatic N) is 4. The molecule has 26 heavy (non-hydrogen) atoms. The summed E-state index contributed by atoms with van der Waals surface area (Å²) >= 11 is 0. The Bertz CT molecular complexity index is 1070. The van der Waals surface area contributed by atoms with Crippen LogP contribution in [0.4, 0.5) is 0 Å². The van der Waals surface area contributed by atoms with Crippen LogP contribution in [0.3, 0.4) is 0 Å². The van der Waals surface area contributed by atoms with Gasteiger partial charge in [0.25, 0.3) is 0 Å². The lowest BCUT2D eigenvalue weighted by Crippen LogP contribution is -2.24. The molecule has 130 valence electrons. The lowest BCUT2D eigenvalue weighted by molar-refractivity contribution is 0.416. The topological polar surface area (TPSA) is 77.7 Å². The van der Waals surface area contributed by atoms with Crippen LogP contribution in [0.2, 0.25) is 0 Å². The van der Waals surface area contributed by atoms with E-state index >= 15 is 0 Å². The summed E-state index contributed by atoms with van der Waals surface area (Å²) in [5, 5.41) is 11.0. The molecule has 0 bridgehead atoms. The first-order chi connectivity index (χ1) is 12.8. The maximum absolute atomic E-state index is 12.7. The summed E-state index contributed by atoms with van der Waals surface area (Å²) in [6.07, 6.45) is 5.06. The van der Waals surface area contributed by atoms with Gasteiger partial charge in [0, 0.05) is 23.4 Å². The van der Waals surface area contributed by atoms with Crippen molar-refractivity contribution in [3.05, 3.63) is 83.3 Å². The Balaban J connectivity index is 1.69. The first-order valence-corrected chi connectivity index (χ1v) is 8.12. The molecule has 0 unspecified atom stereocenters. The van der Waals surface area contributed by atoms with Crippen LogP contribution in [0.25, 0.3) is 16.8 Å². The minimum atomic E-state index is -0.202. The highest BCUT2D eigenvalue weighted by atomic mass is 16.5.